The molecule has 2 N–H and O–H groups in total. The van der Waals surface area contributed by atoms with Crippen LogP contribution in [0.5, 0.6) is 0 Å². The molecule has 1 unspecified atom stereocenters. The molecular formula is C15H25ClN2. The predicted octanol–water partition coefficient (Wildman–Crippen LogP) is 3.15. The van der Waals surface area contributed by atoms with E-state index < -0.39 is 0 Å². The van der Waals surface area contributed by atoms with Crippen LogP contribution >= 0.6 is 12.4 Å². The van der Waals surface area contributed by atoms with Gasteiger partial charge in [-0.1, -0.05) is 38.1 Å². The van der Waals surface area contributed by atoms with Gasteiger partial charge in [-0.3, -0.25) is 4.90 Å². The van der Waals surface area contributed by atoms with E-state index >= 15 is 0 Å². The molecule has 0 bridgehead atoms. The fourth-order valence-corrected chi connectivity index (χ4v) is 2.50. The lowest BCUT2D eigenvalue weighted by Gasteiger charge is -2.30. The maximum absolute atomic E-state index is 6.00. The third kappa shape index (κ3) is 4.27. The average Bonchev–Trinajstić information content (AvgIpc) is 2.29. The van der Waals surface area contributed by atoms with Crippen molar-refractivity contribution in [1.29, 1.82) is 0 Å². The zero-order chi connectivity index (χ0) is 12.3. The molecule has 1 aliphatic heterocycles. The van der Waals surface area contributed by atoms with Gasteiger partial charge in [0.25, 0.3) is 0 Å². The van der Waals surface area contributed by atoms with Crippen LogP contribution in [0.25, 0.3) is 0 Å². The third-order valence-corrected chi connectivity index (χ3v) is 3.59. The molecule has 1 aromatic rings. The van der Waals surface area contributed by atoms with Crippen molar-refractivity contribution in [2.24, 2.45) is 5.73 Å². The first kappa shape index (κ1) is 15.5. The van der Waals surface area contributed by atoms with Gasteiger partial charge in [-0.2, -0.15) is 0 Å². The van der Waals surface area contributed by atoms with Gasteiger partial charge in [-0.05, 0) is 36.4 Å². The molecular weight excluding hydrogens is 244 g/mol. The Kier molecular flexibility index (Phi) is 6.13. The minimum atomic E-state index is 0. The van der Waals surface area contributed by atoms with E-state index in [1.807, 2.05) is 0 Å². The summed E-state index contributed by atoms with van der Waals surface area (Å²) in [4.78, 5) is 2.47. The van der Waals surface area contributed by atoms with Gasteiger partial charge in [0, 0.05) is 19.1 Å². The second-order valence-corrected chi connectivity index (χ2v) is 5.53. The van der Waals surface area contributed by atoms with Gasteiger partial charge in [0.05, 0.1) is 0 Å². The molecule has 1 aromatic carbocycles. The summed E-state index contributed by atoms with van der Waals surface area (Å²) in [5.74, 6) is 0.618. The standard InChI is InChI=1S/C15H24N2.ClH/c1-12(2)14-7-5-13(6-8-14)10-17-9-3-4-15(16)11-17;/h5-8,12,15H,3-4,9-11,16H2,1-2H3;1H. The van der Waals surface area contributed by atoms with Crippen LogP contribution < -0.4 is 5.73 Å². The Hall–Kier alpha value is -0.570. The van der Waals surface area contributed by atoms with Crippen molar-refractivity contribution in [2.75, 3.05) is 13.1 Å². The number of rotatable bonds is 3. The first-order valence-electron chi connectivity index (χ1n) is 6.72. The molecule has 0 radical (unpaired) electrons. The quantitative estimate of drug-likeness (QED) is 0.913. The van der Waals surface area contributed by atoms with Crippen LogP contribution in [-0.2, 0) is 6.54 Å². The van der Waals surface area contributed by atoms with Gasteiger partial charge in [-0.15, -0.1) is 12.4 Å². The number of nitrogens with zero attached hydrogens (tertiary/aromatic N) is 1. The van der Waals surface area contributed by atoms with Crippen LogP contribution in [0.2, 0.25) is 0 Å². The minimum absolute atomic E-state index is 0. The monoisotopic (exact) mass is 268 g/mol. The maximum atomic E-state index is 6.00. The van der Waals surface area contributed by atoms with E-state index in [1.165, 1.54) is 30.5 Å². The molecule has 0 aliphatic carbocycles. The van der Waals surface area contributed by atoms with Crippen molar-refractivity contribution < 1.29 is 0 Å². The van der Waals surface area contributed by atoms with Crippen molar-refractivity contribution in [3.63, 3.8) is 0 Å². The SMILES string of the molecule is CC(C)c1ccc(CN2CCCC(N)C2)cc1.Cl. The molecule has 1 atom stereocenters. The highest BCUT2D eigenvalue weighted by molar-refractivity contribution is 5.85. The third-order valence-electron chi connectivity index (χ3n) is 3.59. The van der Waals surface area contributed by atoms with Crippen molar-refractivity contribution in [3.05, 3.63) is 35.4 Å². The fraction of sp³-hybridized carbons (Fsp3) is 0.600. The molecule has 0 spiro atoms. The van der Waals surface area contributed by atoms with Crippen LogP contribution in [0.1, 0.15) is 43.7 Å². The average molecular weight is 269 g/mol. The first-order chi connectivity index (χ1) is 8.15. The highest BCUT2D eigenvalue weighted by Gasteiger charge is 2.16. The van der Waals surface area contributed by atoms with Crippen LogP contribution in [0.4, 0.5) is 0 Å². The van der Waals surface area contributed by atoms with Gasteiger partial charge < -0.3 is 5.73 Å². The summed E-state index contributed by atoms with van der Waals surface area (Å²) in [7, 11) is 0. The summed E-state index contributed by atoms with van der Waals surface area (Å²) >= 11 is 0. The molecule has 18 heavy (non-hydrogen) atoms. The van der Waals surface area contributed by atoms with Crippen LogP contribution in [0, 0.1) is 0 Å². The molecule has 0 saturated carbocycles. The lowest BCUT2D eigenvalue weighted by atomic mass is 10.0. The Balaban J connectivity index is 0.00000162. The van der Waals surface area contributed by atoms with Crippen LogP contribution in [-0.4, -0.2) is 24.0 Å². The molecule has 2 nitrogen and oxygen atoms in total. The molecule has 102 valence electrons. The van der Waals surface area contributed by atoms with E-state index in [2.05, 4.69) is 43.0 Å². The van der Waals surface area contributed by atoms with E-state index in [0.29, 0.717) is 12.0 Å². The minimum Gasteiger partial charge on any atom is -0.327 e. The normalized spacial score (nSPS) is 20.8. The number of benzene rings is 1. The molecule has 1 aliphatic rings. The lowest BCUT2D eigenvalue weighted by molar-refractivity contribution is 0.201. The van der Waals surface area contributed by atoms with Crippen LogP contribution in [0.15, 0.2) is 24.3 Å². The summed E-state index contributed by atoms with van der Waals surface area (Å²) in [6.45, 7) is 7.76. The second kappa shape index (κ2) is 7.13. The number of halogens is 1. The number of nitrogens with two attached hydrogens (primary N) is 1. The van der Waals surface area contributed by atoms with Crippen LogP contribution in [0.3, 0.4) is 0 Å². The number of piperidine rings is 1. The largest absolute Gasteiger partial charge is 0.327 e. The fourth-order valence-electron chi connectivity index (χ4n) is 2.50. The summed E-state index contributed by atoms with van der Waals surface area (Å²) in [5.41, 5.74) is 8.83. The number of hydrogen-bond acceptors (Lipinski definition) is 2. The molecule has 3 heteroatoms. The zero-order valence-electron chi connectivity index (χ0n) is 11.4. The van der Waals surface area contributed by atoms with Gasteiger partial charge in [0.2, 0.25) is 0 Å². The predicted molar refractivity (Wildman–Crippen MR) is 80.3 cm³/mol. The van der Waals surface area contributed by atoms with Crippen molar-refractivity contribution >= 4 is 12.4 Å². The van der Waals surface area contributed by atoms with Crippen molar-refractivity contribution in [1.82, 2.24) is 4.90 Å². The highest BCUT2D eigenvalue weighted by atomic mass is 35.5. The topological polar surface area (TPSA) is 29.3 Å². The van der Waals surface area contributed by atoms with Gasteiger partial charge in [0.1, 0.15) is 0 Å². The summed E-state index contributed by atoms with van der Waals surface area (Å²) in [5, 5.41) is 0. The van der Waals surface area contributed by atoms with Gasteiger partial charge in [-0.25, -0.2) is 0 Å². The van der Waals surface area contributed by atoms with Gasteiger partial charge >= 0.3 is 0 Å². The van der Waals surface area contributed by atoms with E-state index in [9.17, 15) is 0 Å². The van der Waals surface area contributed by atoms with Crippen molar-refractivity contribution in [3.8, 4) is 0 Å². The molecule has 1 heterocycles. The smallest absolute Gasteiger partial charge is 0.0234 e. The van der Waals surface area contributed by atoms with E-state index in [1.54, 1.807) is 0 Å². The second-order valence-electron chi connectivity index (χ2n) is 5.53. The Labute approximate surface area is 117 Å². The van der Waals surface area contributed by atoms with Crippen molar-refractivity contribution in [2.45, 2.75) is 45.2 Å². The summed E-state index contributed by atoms with van der Waals surface area (Å²) in [6, 6.07) is 9.40. The Morgan fingerprint density at radius 2 is 1.94 bits per heavy atom. The maximum Gasteiger partial charge on any atom is 0.0234 e. The summed E-state index contributed by atoms with van der Waals surface area (Å²) < 4.78 is 0. The molecule has 0 amide bonds. The Bertz CT molecular complexity index is 348. The highest BCUT2D eigenvalue weighted by Crippen LogP contribution is 2.17. The molecule has 2 rings (SSSR count). The van der Waals surface area contributed by atoms with E-state index in [4.69, 9.17) is 5.73 Å². The Morgan fingerprint density at radius 1 is 1.28 bits per heavy atom. The van der Waals surface area contributed by atoms with Gasteiger partial charge in [0.15, 0.2) is 0 Å². The number of likely N-dealkylation sites (tertiary alicyclic amines) is 1. The Morgan fingerprint density at radius 3 is 2.50 bits per heavy atom. The van der Waals surface area contributed by atoms with E-state index in [-0.39, 0.29) is 12.4 Å². The first-order valence-corrected chi connectivity index (χ1v) is 6.72. The molecule has 1 fully saturated rings. The molecule has 0 aromatic heterocycles. The molecule has 1 saturated heterocycles. The zero-order valence-corrected chi connectivity index (χ0v) is 12.2. The number of hydrogen-bond donors (Lipinski definition) is 1. The summed E-state index contributed by atoms with van der Waals surface area (Å²) in [6.07, 6.45) is 2.42. The van der Waals surface area contributed by atoms with E-state index in [0.717, 1.165) is 13.1 Å². The lowest BCUT2D eigenvalue weighted by Crippen LogP contribution is -2.42.